The number of amides is 1. The van der Waals surface area contributed by atoms with E-state index in [0.29, 0.717) is 41.9 Å². The summed E-state index contributed by atoms with van der Waals surface area (Å²) in [6.45, 7) is 8.84. The van der Waals surface area contributed by atoms with Gasteiger partial charge in [0.2, 0.25) is 5.91 Å². The number of hydrogen-bond donors (Lipinski definition) is 3. The Labute approximate surface area is 200 Å². The molecule has 4 saturated carbocycles. The predicted molar refractivity (Wildman–Crippen MR) is 128 cm³/mol. The number of aliphatic hydroxyl groups excluding tert-OH is 3. The van der Waals surface area contributed by atoms with Crippen LogP contribution in [-0.2, 0) is 4.79 Å². The summed E-state index contributed by atoms with van der Waals surface area (Å²) in [7, 11) is 0. The smallest absolute Gasteiger partial charge is 0.222 e. The molecule has 5 heteroatoms. The third-order valence-electron chi connectivity index (χ3n) is 11.8. The molecule has 188 valence electrons. The van der Waals surface area contributed by atoms with Crippen LogP contribution in [0.4, 0.5) is 0 Å². The molecule has 0 unspecified atom stereocenters. The van der Waals surface area contributed by atoms with Crippen LogP contribution in [0.1, 0.15) is 91.4 Å². The van der Waals surface area contributed by atoms with E-state index in [1.54, 1.807) is 0 Å². The van der Waals surface area contributed by atoms with E-state index in [1.165, 1.54) is 0 Å². The molecule has 5 fully saturated rings. The number of fused-ring (bicyclic) bond motifs is 5. The Morgan fingerprint density at radius 1 is 1.00 bits per heavy atom. The largest absolute Gasteiger partial charge is 0.393 e. The second kappa shape index (κ2) is 8.78. The molecule has 4 aliphatic carbocycles. The highest BCUT2D eigenvalue weighted by molar-refractivity contribution is 5.76. The van der Waals surface area contributed by atoms with Crippen molar-refractivity contribution in [1.82, 2.24) is 4.90 Å². The summed E-state index contributed by atoms with van der Waals surface area (Å²) >= 11 is 0. The minimum atomic E-state index is -0.345. The molecule has 5 rings (SSSR count). The van der Waals surface area contributed by atoms with Gasteiger partial charge in [0, 0.05) is 19.5 Å². The second-order valence-electron chi connectivity index (χ2n) is 13.1. The number of carbonyl (C=O) groups excluding carboxylic acids is 1. The first kappa shape index (κ1) is 24.1. The van der Waals surface area contributed by atoms with Gasteiger partial charge in [0.05, 0.1) is 18.3 Å². The summed E-state index contributed by atoms with van der Waals surface area (Å²) in [5.41, 5.74) is -0.0487. The van der Waals surface area contributed by atoms with Gasteiger partial charge in [-0.2, -0.15) is 0 Å². The Bertz CT molecular complexity index is 737. The molecule has 0 spiro atoms. The number of nitrogens with zero attached hydrogens (tertiary/aromatic N) is 1. The van der Waals surface area contributed by atoms with Gasteiger partial charge in [-0.3, -0.25) is 4.79 Å². The molecule has 5 nitrogen and oxygen atoms in total. The highest BCUT2D eigenvalue weighted by Gasteiger charge is 2.65. The number of likely N-dealkylation sites (tertiary alicyclic amines) is 1. The molecule has 1 saturated heterocycles. The Balaban J connectivity index is 1.32. The van der Waals surface area contributed by atoms with E-state index in [9.17, 15) is 20.1 Å². The lowest BCUT2D eigenvalue weighted by Gasteiger charge is -2.63. The second-order valence-corrected chi connectivity index (χ2v) is 13.1. The first-order chi connectivity index (χ1) is 15.7. The highest BCUT2D eigenvalue weighted by atomic mass is 16.3. The van der Waals surface area contributed by atoms with Crippen LogP contribution in [0.3, 0.4) is 0 Å². The van der Waals surface area contributed by atoms with Gasteiger partial charge in [0.25, 0.3) is 0 Å². The number of rotatable bonds is 4. The zero-order valence-corrected chi connectivity index (χ0v) is 21.1. The summed E-state index contributed by atoms with van der Waals surface area (Å²) in [5, 5.41) is 33.4. The van der Waals surface area contributed by atoms with Crippen molar-refractivity contribution in [3.8, 4) is 0 Å². The molecule has 1 heterocycles. The van der Waals surface area contributed by atoms with Crippen molar-refractivity contribution in [3.05, 3.63) is 0 Å². The van der Waals surface area contributed by atoms with Crippen LogP contribution in [0.25, 0.3) is 0 Å². The monoisotopic (exact) mass is 461 g/mol. The van der Waals surface area contributed by atoms with Crippen LogP contribution in [0, 0.1) is 46.3 Å². The minimum Gasteiger partial charge on any atom is -0.393 e. The zero-order valence-electron chi connectivity index (χ0n) is 21.1. The fourth-order valence-corrected chi connectivity index (χ4v) is 9.81. The molecule has 33 heavy (non-hydrogen) atoms. The normalized spacial score (nSPS) is 50.4. The number of carbonyl (C=O) groups is 1. The first-order valence-corrected chi connectivity index (χ1v) is 14.0. The maximum Gasteiger partial charge on any atom is 0.222 e. The Morgan fingerprint density at radius 2 is 1.73 bits per heavy atom. The van der Waals surface area contributed by atoms with Crippen molar-refractivity contribution in [2.45, 2.75) is 110 Å². The van der Waals surface area contributed by atoms with Gasteiger partial charge >= 0.3 is 0 Å². The Hall–Kier alpha value is -0.650. The maximum atomic E-state index is 12.6. The van der Waals surface area contributed by atoms with Crippen LogP contribution >= 0.6 is 0 Å². The Morgan fingerprint density at radius 3 is 2.45 bits per heavy atom. The molecule has 11 atom stereocenters. The van der Waals surface area contributed by atoms with Gasteiger partial charge < -0.3 is 20.2 Å². The lowest BCUT2D eigenvalue weighted by molar-refractivity contribution is -0.207. The average molecular weight is 462 g/mol. The fourth-order valence-electron chi connectivity index (χ4n) is 9.81. The number of hydrogen-bond acceptors (Lipinski definition) is 4. The summed E-state index contributed by atoms with van der Waals surface area (Å²) in [6.07, 6.45) is 9.38. The van der Waals surface area contributed by atoms with E-state index >= 15 is 0 Å². The van der Waals surface area contributed by atoms with Gasteiger partial charge in [0.15, 0.2) is 0 Å². The summed E-state index contributed by atoms with van der Waals surface area (Å²) in [4.78, 5) is 14.7. The van der Waals surface area contributed by atoms with Crippen molar-refractivity contribution in [1.29, 1.82) is 0 Å². The summed E-state index contributed by atoms with van der Waals surface area (Å²) in [6, 6.07) is 0. The van der Waals surface area contributed by atoms with Gasteiger partial charge in [-0.15, -0.1) is 0 Å². The first-order valence-electron chi connectivity index (χ1n) is 14.0. The van der Waals surface area contributed by atoms with E-state index in [-0.39, 0.29) is 35.1 Å². The van der Waals surface area contributed by atoms with Crippen LogP contribution in [0.5, 0.6) is 0 Å². The van der Waals surface area contributed by atoms with Gasteiger partial charge in [-0.25, -0.2) is 0 Å². The van der Waals surface area contributed by atoms with Gasteiger partial charge in [-0.1, -0.05) is 20.8 Å². The molecule has 1 amide bonds. The molecule has 0 aromatic heterocycles. The highest BCUT2D eigenvalue weighted by Crippen LogP contribution is 2.68. The van der Waals surface area contributed by atoms with Crippen molar-refractivity contribution >= 4 is 5.91 Å². The zero-order chi connectivity index (χ0) is 23.5. The molecule has 0 bridgehead atoms. The van der Waals surface area contributed by atoms with Crippen LogP contribution in [-0.4, -0.2) is 57.5 Å². The van der Waals surface area contributed by atoms with E-state index < -0.39 is 0 Å². The van der Waals surface area contributed by atoms with Crippen molar-refractivity contribution in [2.24, 2.45) is 46.3 Å². The number of aliphatic hydroxyl groups is 3. The van der Waals surface area contributed by atoms with Crippen LogP contribution < -0.4 is 0 Å². The molecular formula is C28H47NO4. The van der Waals surface area contributed by atoms with E-state index in [2.05, 4.69) is 20.8 Å². The molecule has 0 aromatic rings. The third kappa shape index (κ3) is 3.80. The SMILES string of the molecule is C[C@H](CCC(=O)N1CCCC1)[C@H]1CC[C@H]2[C@@H]3[C@H](O)C[C@@H]4C[C@H](O)CC[C@]4(C)[C@H]3C[C@H](O)[C@]12C. The average Bonchev–Trinajstić information content (AvgIpc) is 3.43. The molecule has 5 aliphatic rings. The van der Waals surface area contributed by atoms with E-state index in [0.717, 1.165) is 77.3 Å². The van der Waals surface area contributed by atoms with Crippen molar-refractivity contribution < 1.29 is 20.1 Å². The van der Waals surface area contributed by atoms with Crippen molar-refractivity contribution in [3.63, 3.8) is 0 Å². The van der Waals surface area contributed by atoms with E-state index in [4.69, 9.17) is 0 Å². The van der Waals surface area contributed by atoms with E-state index in [1.807, 2.05) is 4.90 Å². The Kier molecular flexibility index (Phi) is 6.40. The van der Waals surface area contributed by atoms with Crippen LogP contribution in [0.2, 0.25) is 0 Å². The predicted octanol–water partition coefficient (Wildman–Crippen LogP) is 3.99. The molecule has 0 aromatic carbocycles. The van der Waals surface area contributed by atoms with Gasteiger partial charge in [-0.05, 0) is 111 Å². The minimum absolute atomic E-state index is 0.122. The standard InChI is InChI=1S/C28H47NO4/c1-17(6-9-25(33)29-12-4-5-13-29)20-7-8-21-26-22(16-24(32)28(20,21)3)27(2)11-10-19(30)14-18(27)15-23(26)31/h17-24,26,30-32H,4-16H2,1-3H3/t17-,18+,19-,20-,21+,22+,23-,24+,26+,27+,28-/m1/s1. The van der Waals surface area contributed by atoms with Crippen molar-refractivity contribution in [2.75, 3.05) is 13.1 Å². The maximum absolute atomic E-state index is 12.6. The summed E-state index contributed by atoms with van der Waals surface area (Å²) in [5.74, 6) is 2.46. The molecule has 0 radical (unpaired) electrons. The summed E-state index contributed by atoms with van der Waals surface area (Å²) < 4.78 is 0. The van der Waals surface area contributed by atoms with Crippen LogP contribution in [0.15, 0.2) is 0 Å². The lowest BCUT2D eigenvalue weighted by atomic mass is 9.43. The molecule has 3 N–H and O–H groups in total. The quantitative estimate of drug-likeness (QED) is 0.591. The molecular weight excluding hydrogens is 414 g/mol. The lowest BCUT2D eigenvalue weighted by Crippen LogP contribution is -2.62. The third-order valence-corrected chi connectivity index (χ3v) is 11.8. The molecule has 1 aliphatic heterocycles. The topological polar surface area (TPSA) is 81.0 Å². The van der Waals surface area contributed by atoms with Gasteiger partial charge in [0.1, 0.15) is 0 Å². The fraction of sp³-hybridized carbons (Fsp3) is 0.964.